The van der Waals surface area contributed by atoms with Crippen LogP contribution in [-0.2, 0) is 4.79 Å². The Bertz CT molecular complexity index is 1400. The average Bonchev–Trinajstić information content (AvgIpc) is 2.76. The Hall–Kier alpha value is -2.70. The Balaban J connectivity index is 1.69. The summed E-state index contributed by atoms with van der Waals surface area (Å²) < 4.78 is 11.6. The van der Waals surface area contributed by atoms with Gasteiger partial charge in [0.2, 0.25) is 11.2 Å². The summed E-state index contributed by atoms with van der Waals surface area (Å²) in [6, 6.07) is 16.1. The highest BCUT2D eigenvalue weighted by Crippen LogP contribution is 2.36. The molecule has 0 aliphatic heterocycles. The fourth-order valence-corrected chi connectivity index (χ4v) is 3.81. The molecule has 1 aromatic heterocycles. The van der Waals surface area contributed by atoms with Gasteiger partial charge in [0, 0.05) is 16.3 Å². The van der Waals surface area contributed by atoms with Crippen LogP contribution in [0.4, 0.5) is 5.69 Å². The van der Waals surface area contributed by atoms with Crippen LogP contribution in [0.25, 0.3) is 22.3 Å². The summed E-state index contributed by atoms with van der Waals surface area (Å²) >= 11 is 24.2. The Morgan fingerprint density at radius 1 is 0.906 bits per heavy atom. The van der Waals surface area contributed by atoms with Crippen LogP contribution in [-0.4, -0.2) is 12.5 Å². The van der Waals surface area contributed by atoms with E-state index in [-0.39, 0.29) is 16.5 Å². The molecule has 3 aromatic carbocycles. The van der Waals surface area contributed by atoms with Gasteiger partial charge in [0.1, 0.15) is 5.58 Å². The smallest absolute Gasteiger partial charge is 0.262 e. The van der Waals surface area contributed by atoms with Crippen LogP contribution < -0.4 is 15.5 Å². The lowest BCUT2D eigenvalue weighted by Crippen LogP contribution is -2.22. The maximum atomic E-state index is 13.1. The third-order valence-electron chi connectivity index (χ3n) is 4.48. The van der Waals surface area contributed by atoms with E-state index in [0.717, 1.165) is 0 Å². The first-order valence-corrected chi connectivity index (χ1v) is 10.7. The molecule has 0 spiro atoms. The Kier molecular flexibility index (Phi) is 6.63. The number of anilines is 1. The molecule has 0 aliphatic carbocycles. The molecule has 32 heavy (non-hydrogen) atoms. The molecule has 0 radical (unpaired) electrons. The van der Waals surface area contributed by atoms with E-state index >= 15 is 0 Å². The summed E-state index contributed by atoms with van der Waals surface area (Å²) in [6.07, 6.45) is 0. The van der Waals surface area contributed by atoms with Gasteiger partial charge in [-0.25, -0.2) is 0 Å². The summed E-state index contributed by atoms with van der Waals surface area (Å²) in [6.45, 7) is -0.457. The molecule has 0 atom stereocenters. The molecule has 0 saturated heterocycles. The van der Waals surface area contributed by atoms with Crippen molar-refractivity contribution in [2.24, 2.45) is 0 Å². The third kappa shape index (κ3) is 4.71. The van der Waals surface area contributed by atoms with E-state index in [0.29, 0.717) is 37.3 Å². The van der Waals surface area contributed by atoms with Gasteiger partial charge >= 0.3 is 0 Å². The van der Waals surface area contributed by atoms with Gasteiger partial charge in [0.15, 0.2) is 12.4 Å². The van der Waals surface area contributed by atoms with Crippen molar-refractivity contribution in [2.45, 2.75) is 0 Å². The van der Waals surface area contributed by atoms with Gasteiger partial charge in [-0.3, -0.25) is 9.59 Å². The third-order valence-corrected chi connectivity index (χ3v) is 5.77. The highest BCUT2D eigenvalue weighted by Gasteiger charge is 2.21. The summed E-state index contributed by atoms with van der Waals surface area (Å²) in [5.41, 5.74) is 0.750. The van der Waals surface area contributed by atoms with Crippen LogP contribution in [0.5, 0.6) is 5.75 Å². The molecule has 5 nitrogen and oxygen atoms in total. The van der Waals surface area contributed by atoms with Crippen molar-refractivity contribution < 1.29 is 13.9 Å². The maximum absolute atomic E-state index is 13.1. The van der Waals surface area contributed by atoms with Crippen molar-refractivity contribution in [2.75, 3.05) is 11.9 Å². The molecule has 0 saturated carbocycles. The highest BCUT2D eigenvalue weighted by molar-refractivity contribution is 6.42. The minimum absolute atomic E-state index is 0.0951. The van der Waals surface area contributed by atoms with E-state index in [1.807, 2.05) is 0 Å². The predicted molar refractivity (Wildman–Crippen MR) is 129 cm³/mol. The number of nitrogens with one attached hydrogen (secondary N) is 1. The van der Waals surface area contributed by atoms with Crippen LogP contribution in [0, 0.1) is 0 Å². The number of hydrogen-bond donors (Lipinski definition) is 1. The van der Waals surface area contributed by atoms with Gasteiger partial charge in [-0.15, -0.1) is 0 Å². The molecular formula is C23H13Cl4NO4. The van der Waals surface area contributed by atoms with Crippen molar-refractivity contribution in [3.8, 4) is 17.1 Å². The molecule has 9 heteroatoms. The molecule has 162 valence electrons. The molecule has 0 aliphatic rings. The number of para-hydroxylation sites is 1. The van der Waals surface area contributed by atoms with Gasteiger partial charge in [0.25, 0.3) is 5.91 Å². The second-order valence-corrected chi connectivity index (χ2v) is 8.33. The summed E-state index contributed by atoms with van der Waals surface area (Å²) in [7, 11) is 0. The van der Waals surface area contributed by atoms with Crippen LogP contribution in [0.2, 0.25) is 20.1 Å². The summed E-state index contributed by atoms with van der Waals surface area (Å²) in [4.78, 5) is 25.6. The lowest BCUT2D eigenvalue weighted by molar-refractivity contribution is -0.118. The monoisotopic (exact) mass is 507 g/mol. The highest BCUT2D eigenvalue weighted by atomic mass is 35.5. The molecular weight excluding hydrogens is 496 g/mol. The SMILES string of the molecule is O=C(COc1c(-c2ccc(Cl)cc2Cl)oc2ccccc2c1=O)Nc1ccc(Cl)c(Cl)c1. The van der Waals surface area contributed by atoms with E-state index < -0.39 is 17.9 Å². The Morgan fingerprint density at radius 3 is 2.44 bits per heavy atom. The zero-order valence-electron chi connectivity index (χ0n) is 16.1. The largest absolute Gasteiger partial charge is 0.476 e. The quantitative estimate of drug-likeness (QED) is 0.312. The van der Waals surface area contributed by atoms with E-state index in [1.54, 1.807) is 48.5 Å². The zero-order valence-corrected chi connectivity index (χ0v) is 19.1. The topological polar surface area (TPSA) is 68.5 Å². The predicted octanol–water partition coefficient (Wildman–Crippen LogP) is 7.09. The van der Waals surface area contributed by atoms with E-state index in [9.17, 15) is 9.59 Å². The number of fused-ring (bicyclic) bond motifs is 1. The fourth-order valence-electron chi connectivity index (χ4n) is 3.02. The van der Waals surface area contributed by atoms with Gasteiger partial charge in [-0.1, -0.05) is 58.5 Å². The first-order chi connectivity index (χ1) is 15.3. The number of halogens is 4. The van der Waals surface area contributed by atoms with E-state index in [2.05, 4.69) is 5.32 Å². The molecule has 1 heterocycles. The van der Waals surface area contributed by atoms with Crippen LogP contribution >= 0.6 is 46.4 Å². The average molecular weight is 509 g/mol. The summed E-state index contributed by atoms with van der Waals surface area (Å²) in [5.74, 6) is -0.556. The summed E-state index contributed by atoms with van der Waals surface area (Å²) in [5, 5.41) is 4.28. The minimum atomic E-state index is -0.510. The second-order valence-electron chi connectivity index (χ2n) is 6.68. The van der Waals surface area contributed by atoms with Gasteiger partial charge in [0.05, 0.1) is 20.5 Å². The number of carbonyl (C=O) groups is 1. The van der Waals surface area contributed by atoms with Crippen LogP contribution in [0.15, 0.2) is 69.9 Å². The van der Waals surface area contributed by atoms with Gasteiger partial charge in [-0.05, 0) is 48.5 Å². The fraction of sp³-hybridized carbons (Fsp3) is 0.0435. The first-order valence-electron chi connectivity index (χ1n) is 9.22. The van der Waals surface area contributed by atoms with Crippen LogP contribution in [0.3, 0.4) is 0 Å². The number of rotatable bonds is 5. The standard InChI is InChI=1S/C23H13Cl4NO4/c24-12-5-7-14(17(26)9-12)22-23(21(30)15-3-1-2-4-19(15)32-22)31-11-20(29)28-13-6-8-16(25)18(27)10-13/h1-10H,11H2,(H,28,29). The molecule has 1 N–H and O–H groups in total. The number of benzene rings is 3. The number of ether oxygens (including phenoxy) is 1. The van der Waals surface area contributed by atoms with Gasteiger partial charge in [-0.2, -0.15) is 0 Å². The minimum Gasteiger partial charge on any atom is -0.476 e. The van der Waals surface area contributed by atoms with Crippen molar-refractivity contribution in [3.05, 3.63) is 91.0 Å². The lowest BCUT2D eigenvalue weighted by Gasteiger charge is -2.13. The molecule has 0 unspecified atom stereocenters. The van der Waals surface area contributed by atoms with Gasteiger partial charge < -0.3 is 14.5 Å². The Labute approximate surface area is 202 Å². The van der Waals surface area contributed by atoms with Crippen molar-refractivity contribution >= 4 is 69.0 Å². The molecule has 0 bridgehead atoms. The molecule has 4 aromatic rings. The molecule has 4 rings (SSSR count). The first kappa shape index (κ1) is 22.5. The number of amides is 1. The molecule has 0 fully saturated rings. The molecule has 1 amide bonds. The maximum Gasteiger partial charge on any atom is 0.262 e. The number of carbonyl (C=O) groups excluding carboxylic acids is 1. The van der Waals surface area contributed by atoms with Crippen LogP contribution in [0.1, 0.15) is 0 Å². The van der Waals surface area contributed by atoms with E-state index in [1.165, 1.54) is 12.1 Å². The van der Waals surface area contributed by atoms with Crippen molar-refractivity contribution in [1.82, 2.24) is 0 Å². The van der Waals surface area contributed by atoms with Crippen molar-refractivity contribution in [3.63, 3.8) is 0 Å². The lowest BCUT2D eigenvalue weighted by atomic mass is 10.1. The van der Waals surface area contributed by atoms with E-state index in [4.69, 9.17) is 55.6 Å². The number of hydrogen-bond acceptors (Lipinski definition) is 4. The second kappa shape index (κ2) is 9.43. The Morgan fingerprint density at radius 2 is 1.69 bits per heavy atom. The normalized spacial score (nSPS) is 10.9. The zero-order chi connectivity index (χ0) is 22.8. The van der Waals surface area contributed by atoms with Crippen molar-refractivity contribution in [1.29, 1.82) is 0 Å².